The second-order valence-electron chi connectivity index (χ2n) is 7.86. The van der Waals surface area contributed by atoms with Gasteiger partial charge in [-0.15, -0.1) is 0 Å². The van der Waals surface area contributed by atoms with Crippen molar-refractivity contribution in [3.8, 4) is 11.3 Å². The zero-order chi connectivity index (χ0) is 20.7. The van der Waals surface area contributed by atoms with Crippen molar-refractivity contribution in [2.75, 3.05) is 26.2 Å². The summed E-state index contributed by atoms with van der Waals surface area (Å²) < 4.78 is 14.7. The van der Waals surface area contributed by atoms with E-state index in [1.54, 1.807) is 29.0 Å². The first kappa shape index (κ1) is 18.7. The molecule has 3 aromatic heterocycles. The number of carbonyl (C=O) groups is 2. The van der Waals surface area contributed by atoms with Crippen molar-refractivity contribution in [3.05, 3.63) is 54.0 Å². The van der Waals surface area contributed by atoms with Gasteiger partial charge in [-0.3, -0.25) is 14.6 Å². The van der Waals surface area contributed by atoms with Crippen molar-refractivity contribution in [1.82, 2.24) is 24.4 Å². The number of likely N-dealkylation sites (tertiary alicyclic amines) is 2. The van der Waals surface area contributed by atoms with E-state index in [1.807, 2.05) is 23.1 Å². The summed E-state index contributed by atoms with van der Waals surface area (Å²) >= 11 is 0. The van der Waals surface area contributed by atoms with Crippen LogP contribution < -0.4 is 0 Å². The third-order valence-corrected chi connectivity index (χ3v) is 5.82. The number of rotatable bonds is 3. The van der Waals surface area contributed by atoms with Gasteiger partial charge in [-0.1, -0.05) is 6.07 Å². The van der Waals surface area contributed by atoms with Crippen LogP contribution in [0.3, 0.4) is 0 Å². The minimum absolute atomic E-state index is 0.0154. The Bertz CT molecular complexity index is 1100. The fourth-order valence-corrected chi connectivity index (χ4v) is 4.09. The lowest BCUT2D eigenvalue weighted by atomic mass is 10.1. The average molecular weight is 407 g/mol. The molecule has 0 aromatic carbocycles. The van der Waals surface area contributed by atoms with Gasteiger partial charge in [0.1, 0.15) is 11.9 Å². The molecule has 2 fully saturated rings. The van der Waals surface area contributed by atoms with Gasteiger partial charge in [0.25, 0.3) is 11.8 Å². The van der Waals surface area contributed by atoms with Gasteiger partial charge in [-0.05, 0) is 43.5 Å². The molecular weight excluding hydrogens is 385 g/mol. The van der Waals surface area contributed by atoms with Gasteiger partial charge in [0.15, 0.2) is 0 Å². The molecule has 2 saturated heterocycles. The summed E-state index contributed by atoms with van der Waals surface area (Å²) in [5, 5.41) is 4.45. The highest BCUT2D eigenvalue weighted by atomic mass is 19.1. The molecule has 0 aliphatic carbocycles. The van der Waals surface area contributed by atoms with E-state index in [2.05, 4.69) is 10.1 Å². The maximum atomic E-state index is 13.0. The quantitative estimate of drug-likeness (QED) is 0.669. The van der Waals surface area contributed by atoms with Crippen molar-refractivity contribution in [1.29, 1.82) is 0 Å². The molecule has 0 radical (unpaired) electrons. The van der Waals surface area contributed by atoms with Gasteiger partial charge in [0, 0.05) is 24.8 Å². The van der Waals surface area contributed by atoms with Gasteiger partial charge in [-0.25, -0.2) is 8.91 Å². The number of alkyl halides is 1. The zero-order valence-corrected chi connectivity index (χ0v) is 16.5. The van der Waals surface area contributed by atoms with E-state index in [-0.39, 0.29) is 24.9 Å². The monoisotopic (exact) mass is 407 g/mol. The Balaban J connectivity index is 1.43. The van der Waals surface area contributed by atoms with E-state index in [0.717, 1.165) is 42.7 Å². The number of carbonyl (C=O) groups excluding carboxylic acids is 2. The number of hydrogen-bond donors (Lipinski definition) is 0. The molecule has 0 saturated carbocycles. The number of hydrogen-bond acceptors (Lipinski definition) is 4. The second kappa shape index (κ2) is 7.51. The maximum Gasteiger partial charge on any atom is 0.272 e. The van der Waals surface area contributed by atoms with E-state index < -0.39 is 6.17 Å². The number of amides is 2. The van der Waals surface area contributed by atoms with Crippen LogP contribution in [0.15, 0.2) is 42.7 Å². The minimum Gasteiger partial charge on any atom is -0.339 e. The minimum atomic E-state index is -0.938. The summed E-state index contributed by atoms with van der Waals surface area (Å²) in [4.78, 5) is 32.9. The molecule has 0 unspecified atom stereocenters. The molecule has 3 aromatic rings. The van der Waals surface area contributed by atoms with Crippen LogP contribution in [0.5, 0.6) is 0 Å². The van der Waals surface area contributed by atoms with E-state index in [4.69, 9.17) is 0 Å². The summed E-state index contributed by atoms with van der Waals surface area (Å²) in [5.74, 6) is -0.246. The average Bonchev–Trinajstić information content (AvgIpc) is 3.21. The Morgan fingerprint density at radius 3 is 2.43 bits per heavy atom. The number of aromatic nitrogens is 3. The first-order chi connectivity index (χ1) is 14.6. The van der Waals surface area contributed by atoms with Gasteiger partial charge < -0.3 is 9.80 Å². The molecular formula is C22H22FN5O2. The van der Waals surface area contributed by atoms with Crippen LogP contribution in [0, 0.1) is 0 Å². The topological polar surface area (TPSA) is 70.8 Å². The van der Waals surface area contributed by atoms with E-state index in [1.165, 1.54) is 11.3 Å². The van der Waals surface area contributed by atoms with Crippen molar-refractivity contribution in [2.24, 2.45) is 0 Å². The molecule has 8 heteroatoms. The summed E-state index contributed by atoms with van der Waals surface area (Å²) in [6.07, 6.45) is 5.54. The highest BCUT2D eigenvalue weighted by molar-refractivity contribution is 6.01. The third kappa shape index (κ3) is 3.22. The molecule has 0 spiro atoms. The Morgan fingerprint density at radius 1 is 0.933 bits per heavy atom. The first-order valence-electron chi connectivity index (χ1n) is 10.3. The second-order valence-corrected chi connectivity index (χ2v) is 7.86. The van der Waals surface area contributed by atoms with Gasteiger partial charge in [0.2, 0.25) is 0 Å². The van der Waals surface area contributed by atoms with Crippen LogP contribution in [0.4, 0.5) is 4.39 Å². The van der Waals surface area contributed by atoms with Gasteiger partial charge in [-0.2, -0.15) is 5.10 Å². The molecule has 0 N–H and O–H groups in total. The molecule has 154 valence electrons. The Morgan fingerprint density at radius 2 is 1.73 bits per heavy atom. The predicted molar refractivity (Wildman–Crippen MR) is 109 cm³/mol. The Labute approximate surface area is 173 Å². The van der Waals surface area contributed by atoms with Crippen LogP contribution in [0.25, 0.3) is 16.8 Å². The molecule has 0 bridgehead atoms. The molecule has 5 heterocycles. The zero-order valence-electron chi connectivity index (χ0n) is 16.5. The summed E-state index contributed by atoms with van der Waals surface area (Å²) in [7, 11) is 0. The number of piperidine rings is 1. The molecule has 5 rings (SSSR count). The fourth-order valence-electron chi connectivity index (χ4n) is 4.09. The molecule has 2 amide bonds. The fraction of sp³-hybridized carbons (Fsp3) is 0.364. The van der Waals surface area contributed by atoms with Crippen LogP contribution in [0.2, 0.25) is 0 Å². The molecule has 7 nitrogen and oxygen atoms in total. The lowest BCUT2D eigenvalue weighted by molar-refractivity contribution is 0.0394. The smallest absolute Gasteiger partial charge is 0.272 e. The lowest BCUT2D eigenvalue weighted by Gasteiger charge is -2.33. The highest BCUT2D eigenvalue weighted by Gasteiger charge is 2.31. The number of fused-ring (bicyclic) bond motifs is 1. The van der Waals surface area contributed by atoms with Gasteiger partial charge >= 0.3 is 0 Å². The van der Waals surface area contributed by atoms with E-state index >= 15 is 0 Å². The summed E-state index contributed by atoms with van der Waals surface area (Å²) in [5.41, 5.74) is 3.20. The van der Waals surface area contributed by atoms with Crippen LogP contribution >= 0.6 is 0 Å². The SMILES string of the molecule is O=C(c1ccc(-c2cccc3c(C(=O)N4CCCCC4)cnn23)cn1)N1CC(F)C1. The van der Waals surface area contributed by atoms with E-state index in [0.29, 0.717) is 11.3 Å². The first-order valence-corrected chi connectivity index (χ1v) is 10.3. The largest absolute Gasteiger partial charge is 0.339 e. The van der Waals surface area contributed by atoms with Crippen LogP contribution in [0.1, 0.15) is 40.1 Å². The van der Waals surface area contributed by atoms with E-state index in [9.17, 15) is 14.0 Å². The molecule has 2 aliphatic heterocycles. The number of halogens is 1. The van der Waals surface area contributed by atoms with Crippen molar-refractivity contribution < 1.29 is 14.0 Å². The van der Waals surface area contributed by atoms with Crippen molar-refractivity contribution >= 4 is 17.3 Å². The number of pyridine rings is 2. The lowest BCUT2D eigenvalue weighted by Crippen LogP contribution is -2.51. The number of nitrogens with zero attached hydrogens (tertiary/aromatic N) is 5. The molecule has 2 aliphatic rings. The predicted octanol–water partition coefficient (Wildman–Crippen LogP) is 2.82. The standard InChI is InChI=1S/C22H22FN5O2/c23-16-13-27(14-16)22(30)18-8-7-15(11-24-18)19-5-4-6-20-17(12-25-28(19)20)21(29)26-9-2-1-3-10-26/h4-8,11-12,16H,1-3,9-10,13-14H2. The molecule has 30 heavy (non-hydrogen) atoms. The third-order valence-electron chi connectivity index (χ3n) is 5.82. The summed E-state index contributed by atoms with van der Waals surface area (Å²) in [6.45, 7) is 1.83. The van der Waals surface area contributed by atoms with Crippen molar-refractivity contribution in [2.45, 2.75) is 25.4 Å². The van der Waals surface area contributed by atoms with Crippen LogP contribution in [-0.2, 0) is 0 Å². The maximum absolute atomic E-state index is 13.0. The molecule has 0 atom stereocenters. The Kier molecular flexibility index (Phi) is 4.69. The Hall–Kier alpha value is -3.29. The highest BCUT2D eigenvalue weighted by Crippen LogP contribution is 2.24. The van der Waals surface area contributed by atoms with Crippen LogP contribution in [-0.4, -0.2) is 68.6 Å². The van der Waals surface area contributed by atoms with Gasteiger partial charge in [0.05, 0.1) is 36.1 Å². The normalized spacial score (nSPS) is 17.2. The van der Waals surface area contributed by atoms with Crippen molar-refractivity contribution in [3.63, 3.8) is 0 Å². The summed E-state index contributed by atoms with van der Waals surface area (Å²) in [6, 6.07) is 9.12.